The molecule has 3 rings (SSSR count). The number of anilines is 1. The normalized spacial score (nSPS) is 12.9. The maximum Gasteiger partial charge on any atom is 0.237 e. The van der Waals surface area contributed by atoms with Gasteiger partial charge in [-0.25, -0.2) is 4.98 Å². The van der Waals surface area contributed by atoms with Gasteiger partial charge in [-0.3, -0.25) is 9.78 Å². The Labute approximate surface area is 178 Å². The minimum atomic E-state index is -0.152. The molecular weight excluding hydrogens is 402 g/mol. The van der Waals surface area contributed by atoms with Crippen molar-refractivity contribution in [3.05, 3.63) is 65.9 Å². The molecular formula is C22H23N3O4S. The van der Waals surface area contributed by atoms with Crippen LogP contribution in [0.5, 0.6) is 0 Å². The fourth-order valence-corrected chi connectivity index (χ4v) is 3.61. The van der Waals surface area contributed by atoms with Crippen molar-refractivity contribution in [3.8, 4) is 10.8 Å². The SMILES string of the molecule is C\C=C(CC(=O)Nc1ccc(-c2nc3ccncc3o2)s1)/C(=C\C(=C/C)OC)OC. The molecule has 7 nitrogen and oxygen atoms in total. The number of nitrogens with zero attached hydrogens (tertiary/aromatic N) is 2. The molecule has 0 unspecified atom stereocenters. The number of hydrogen-bond acceptors (Lipinski definition) is 7. The molecule has 0 aliphatic carbocycles. The molecule has 1 amide bonds. The van der Waals surface area contributed by atoms with Gasteiger partial charge in [-0.15, -0.1) is 11.3 Å². The second-order valence-corrected chi connectivity index (χ2v) is 7.26. The molecule has 30 heavy (non-hydrogen) atoms. The lowest BCUT2D eigenvalue weighted by Crippen LogP contribution is -2.12. The summed E-state index contributed by atoms with van der Waals surface area (Å²) < 4.78 is 16.4. The standard InChI is InChI=1S/C22H23N3O4S/c1-5-14(17(28-4)12-15(6-2)27-3)11-20(26)25-21-8-7-19(30-21)22-24-16-9-10-23-13-18(16)29-22/h5-10,12-13H,11H2,1-4H3,(H,25,26)/b14-5-,15-6+,17-12+. The van der Waals surface area contributed by atoms with Crippen molar-refractivity contribution in [2.75, 3.05) is 19.5 Å². The number of pyridine rings is 1. The van der Waals surface area contributed by atoms with E-state index < -0.39 is 0 Å². The summed E-state index contributed by atoms with van der Waals surface area (Å²) in [5.41, 5.74) is 2.13. The lowest BCUT2D eigenvalue weighted by atomic mass is 10.1. The van der Waals surface area contributed by atoms with Crippen molar-refractivity contribution >= 4 is 33.3 Å². The van der Waals surface area contributed by atoms with Gasteiger partial charge in [-0.05, 0) is 43.7 Å². The molecule has 0 spiro atoms. The molecule has 0 fully saturated rings. The molecule has 8 heteroatoms. The summed E-state index contributed by atoms with van der Waals surface area (Å²) in [7, 11) is 3.15. The Morgan fingerprint density at radius 3 is 2.70 bits per heavy atom. The maximum atomic E-state index is 12.6. The van der Waals surface area contributed by atoms with Crippen LogP contribution >= 0.6 is 11.3 Å². The summed E-state index contributed by atoms with van der Waals surface area (Å²) in [5.74, 6) is 1.58. The van der Waals surface area contributed by atoms with Gasteiger partial charge in [0.15, 0.2) is 5.58 Å². The van der Waals surface area contributed by atoms with E-state index in [1.54, 1.807) is 38.8 Å². The van der Waals surface area contributed by atoms with Gasteiger partial charge in [0.25, 0.3) is 0 Å². The number of carbonyl (C=O) groups excluding carboxylic acids is 1. The Bertz CT molecular complexity index is 1090. The van der Waals surface area contributed by atoms with Gasteiger partial charge >= 0.3 is 0 Å². The third-order valence-electron chi connectivity index (χ3n) is 4.30. The monoisotopic (exact) mass is 425 g/mol. The molecule has 0 aromatic carbocycles. The van der Waals surface area contributed by atoms with E-state index in [2.05, 4.69) is 15.3 Å². The summed E-state index contributed by atoms with van der Waals surface area (Å²) in [6.07, 6.45) is 8.89. The van der Waals surface area contributed by atoms with Crippen LogP contribution in [0.15, 0.2) is 70.3 Å². The van der Waals surface area contributed by atoms with Crippen LogP contribution < -0.4 is 5.32 Å². The van der Waals surface area contributed by atoms with Crippen molar-refractivity contribution in [3.63, 3.8) is 0 Å². The summed E-state index contributed by atoms with van der Waals surface area (Å²) in [5, 5.41) is 3.63. The number of methoxy groups -OCH3 is 2. The Balaban J connectivity index is 1.70. The van der Waals surface area contributed by atoms with Gasteiger partial charge in [0.1, 0.15) is 17.0 Å². The smallest absolute Gasteiger partial charge is 0.237 e. The average Bonchev–Trinajstić information content (AvgIpc) is 3.40. The second-order valence-electron chi connectivity index (χ2n) is 6.17. The van der Waals surface area contributed by atoms with Crippen LogP contribution in [-0.4, -0.2) is 30.1 Å². The van der Waals surface area contributed by atoms with Crippen LogP contribution in [0.4, 0.5) is 5.00 Å². The number of nitrogens with one attached hydrogen (secondary N) is 1. The summed E-state index contributed by atoms with van der Waals surface area (Å²) >= 11 is 1.39. The van der Waals surface area contributed by atoms with Crippen LogP contribution in [0.25, 0.3) is 21.9 Å². The first-order valence-electron chi connectivity index (χ1n) is 9.30. The van der Waals surface area contributed by atoms with Gasteiger partial charge in [-0.2, -0.15) is 0 Å². The fraction of sp³-hybridized carbons (Fsp3) is 0.227. The first kappa shape index (κ1) is 21.3. The Morgan fingerprint density at radius 2 is 2.03 bits per heavy atom. The first-order chi connectivity index (χ1) is 14.6. The van der Waals surface area contributed by atoms with Crippen LogP contribution in [0, 0.1) is 0 Å². The molecule has 0 bridgehead atoms. The fourth-order valence-electron chi connectivity index (χ4n) is 2.76. The zero-order valence-electron chi connectivity index (χ0n) is 17.3. The third-order valence-corrected chi connectivity index (χ3v) is 5.29. The van der Waals surface area contributed by atoms with E-state index >= 15 is 0 Å². The van der Waals surface area contributed by atoms with Crippen molar-refractivity contribution in [2.24, 2.45) is 0 Å². The number of thiophene rings is 1. The predicted molar refractivity (Wildman–Crippen MR) is 118 cm³/mol. The number of carbonyl (C=O) groups is 1. The Hall–Kier alpha value is -3.39. The summed E-state index contributed by atoms with van der Waals surface area (Å²) in [6.45, 7) is 3.73. The molecule has 0 saturated heterocycles. The molecule has 0 saturated carbocycles. The Morgan fingerprint density at radius 1 is 1.20 bits per heavy atom. The molecule has 3 aromatic heterocycles. The van der Waals surface area contributed by atoms with E-state index in [0.717, 1.165) is 16.0 Å². The van der Waals surface area contributed by atoms with Gasteiger partial charge in [-0.1, -0.05) is 6.08 Å². The third kappa shape index (κ3) is 4.96. The number of rotatable bonds is 8. The van der Waals surface area contributed by atoms with Crippen LogP contribution in [0.1, 0.15) is 20.3 Å². The van der Waals surface area contributed by atoms with Crippen molar-refractivity contribution in [1.82, 2.24) is 9.97 Å². The van der Waals surface area contributed by atoms with Crippen LogP contribution in [0.2, 0.25) is 0 Å². The first-order valence-corrected chi connectivity index (χ1v) is 10.1. The van der Waals surface area contributed by atoms with Gasteiger partial charge in [0.2, 0.25) is 11.8 Å². The highest BCUT2D eigenvalue weighted by Crippen LogP contribution is 2.33. The van der Waals surface area contributed by atoms with Crippen molar-refractivity contribution in [2.45, 2.75) is 20.3 Å². The van der Waals surface area contributed by atoms with Crippen molar-refractivity contribution in [1.29, 1.82) is 0 Å². The lowest BCUT2D eigenvalue weighted by Gasteiger charge is -2.12. The minimum Gasteiger partial charge on any atom is -0.497 e. The number of ether oxygens (including phenoxy) is 2. The molecule has 3 aromatic rings. The predicted octanol–water partition coefficient (Wildman–Crippen LogP) is 5.31. The van der Waals surface area contributed by atoms with E-state index in [4.69, 9.17) is 13.9 Å². The van der Waals surface area contributed by atoms with Crippen LogP contribution in [0.3, 0.4) is 0 Å². The zero-order valence-corrected chi connectivity index (χ0v) is 18.1. The lowest BCUT2D eigenvalue weighted by molar-refractivity contribution is -0.115. The largest absolute Gasteiger partial charge is 0.497 e. The highest BCUT2D eigenvalue weighted by Gasteiger charge is 2.15. The van der Waals surface area contributed by atoms with Gasteiger partial charge in [0, 0.05) is 12.3 Å². The number of hydrogen-bond donors (Lipinski definition) is 1. The second kappa shape index (κ2) is 9.89. The number of allylic oxidation sites excluding steroid dienone is 4. The van der Waals surface area contributed by atoms with E-state index in [-0.39, 0.29) is 12.3 Å². The van der Waals surface area contributed by atoms with Crippen molar-refractivity contribution < 1.29 is 18.7 Å². The summed E-state index contributed by atoms with van der Waals surface area (Å²) in [4.78, 5) is 21.9. The quantitative estimate of drug-likeness (QED) is 0.389. The van der Waals surface area contributed by atoms with E-state index in [0.29, 0.717) is 28.0 Å². The van der Waals surface area contributed by atoms with E-state index in [1.807, 2.05) is 38.1 Å². The molecule has 0 aliphatic heterocycles. The number of aromatic nitrogens is 2. The molecule has 0 radical (unpaired) electrons. The zero-order chi connectivity index (χ0) is 21.5. The van der Waals surface area contributed by atoms with E-state index in [9.17, 15) is 4.79 Å². The maximum absolute atomic E-state index is 12.6. The van der Waals surface area contributed by atoms with Gasteiger partial charge in [0.05, 0.1) is 36.7 Å². The van der Waals surface area contributed by atoms with E-state index in [1.165, 1.54) is 11.3 Å². The van der Waals surface area contributed by atoms with Crippen LogP contribution in [-0.2, 0) is 14.3 Å². The van der Waals surface area contributed by atoms with Gasteiger partial charge < -0.3 is 19.2 Å². The molecule has 3 heterocycles. The highest BCUT2D eigenvalue weighted by atomic mass is 32.1. The average molecular weight is 426 g/mol. The summed E-state index contributed by atoms with van der Waals surface area (Å²) in [6, 6.07) is 5.49. The minimum absolute atomic E-state index is 0.152. The highest BCUT2D eigenvalue weighted by molar-refractivity contribution is 7.19. The Kier molecular flexibility index (Phi) is 7.03. The molecule has 0 aliphatic rings. The molecule has 0 atom stereocenters. The molecule has 1 N–H and O–H groups in total. The number of oxazole rings is 1. The number of fused-ring (bicyclic) bond motifs is 1. The number of amides is 1. The topological polar surface area (TPSA) is 86.5 Å². The molecule has 156 valence electrons.